The molecule has 0 aromatic heterocycles. The molecule has 19 heavy (non-hydrogen) atoms. The summed E-state index contributed by atoms with van der Waals surface area (Å²) in [7, 11) is -4.01. The van der Waals surface area contributed by atoms with Crippen LogP contribution in [0.4, 0.5) is 4.39 Å². The van der Waals surface area contributed by atoms with E-state index in [0.717, 1.165) is 22.5 Å². The summed E-state index contributed by atoms with van der Waals surface area (Å²) < 4.78 is 38.4. The summed E-state index contributed by atoms with van der Waals surface area (Å²) in [5.41, 5.74) is 0. The van der Waals surface area contributed by atoms with E-state index in [1.807, 2.05) is 0 Å². The molecule has 1 aliphatic rings. The van der Waals surface area contributed by atoms with Crippen molar-refractivity contribution in [2.45, 2.75) is 23.8 Å². The quantitative estimate of drug-likeness (QED) is 0.809. The van der Waals surface area contributed by atoms with E-state index in [1.165, 1.54) is 0 Å². The molecule has 5 nitrogen and oxygen atoms in total. The van der Waals surface area contributed by atoms with Crippen molar-refractivity contribution in [1.29, 1.82) is 0 Å². The first-order valence-electron chi connectivity index (χ1n) is 5.52. The molecule has 1 fully saturated rings. The summed E-state index contributed by atoms with van der Waals surface area (Å²) in [6.45, 7) is 0.0932. The summed E-state index contributed by atoms with van der Waals surface area (Å²) in [5.74, 6) is -2.17. The van der Waals surface area contributed by atoms with Gasteiger partial charge in [-0.3, -0.25) is 0 Å². The second-order valence-electron chi connectivity index (χ2n) is 4.17. The molecule has 1 unspecified atom stereocenters. The molecule has 0 aliphatic carbocycles. The Bertz CT molecular complexity index is 619. The maximum atomic E-state index is 13.0. The highest BCUT2D eigenvalue weighted by molar-refractivity contribution is 7.89. The summed E-state index contributed by atoms with van der Waals surface area (Å²) in [6, 6.07) is 1.77. The van der Waals surface area contributed by atoms with E-state index in [2.05, 4.69) is 0 Å². The number of carboxylic acids is 1. The predicted octanol–water partition coefficient (Wildman–Crippen LogP) is 0.382. The molecule has 8 heteroatoms. The fraction of sp³-hybridized carbons (Fsp3) is 0.364. The monoisotopic (exact) mass is 306 g/mol. The van der Waals surface area contributed by atoms with E-state index < -0.39 is 27.9 Å². The molecule has 1 aromatic carbocycles. The highest BCUT2D eigenvalue weighted by Crippen LogP contribution is 2.28. The van der Waals surface area contributed by atoms with Crippen LogP contribution >= 0.6 is 11.6 Å². The third-order valence-electron chi connectivity index (χ3n) is 2.97. The van der Waals surface area contributed by atoms with Crippen molar-refractivity contribution in [3.63, 3.8) is 0 Å². The summed E-state index contributed by atoms with van der Waals surface area (Å²) in [6.07, 6.45) is 0.642. The van der Waals surface area contributed by atoms with Crippen molar-refractivity contribution in [1.82, 2.24) is 4.31 Å². The molecular formula is C11H10ClFNO4S-. The molecule has 1 aliphatic heterocycles. The average molecular weight is 307 g/mol. The molecule has 0 bridgehead atoms. The van der Waals surface area contributed by atoms with Gasteiger partial charge in [-0.25, -0.2) is 12.8 Å². The van der Waals surface area contributed by atoms with Gasteiger partial charge in [-0.15, -0.1) is 0 Å². The summed E-state index contributed by atoms with van der Waals surface area (Å²) in [4.78, 5) is 10.7. The minimum Gasteiger partial charge on any atom is -0.548 e. The number of benzene rings is 1. The number of carbonyl (C=O) groups excluding carboxylic acids is 1. The number of carbonyl (C=O) groups is 1. The van der Waals surface area contributed by atoms with E-state index >= 15 is 0 Å². The zero-order valence-corrected chi connectivity index (χ0v) is 11.2. The zero-order valence-electron chi connectivity index (χ0n) is 9.68. The lowest BCUT2D eigenvalue weighted by Gasteiger charge is -2.24. The number of rotatable bonds is 3. The second-order valence-corrected chi connectivity index (χ2v) is 6.47. The van der Waals surface area contributed by atoms with Gasteiger partial charge in [-0.1, -0.05) is 11.6 Å². The van der Waals surface area contributed by atoms with E-state index in [-0.39, 0.29) is 22.9 Å². The van der Waals surface area contributed by atoms with Crippen LogP contribution in [0, 0.1) is 5.82 Å². The molecule has 1 heterocycles. The minimum absolute atomic E-state index is 0.0932. The number of aliphatic carboxylic acids is 1. The van der Waals surface area contributed by atoms with Crippen LogP contribution in [0.15, 0.2) is 23.1 Å². The topological polar surface area (TPSA) is 77.5 Å². The smallest absolute Gasteiger partial charge is 0.243 e. The van der Waals surface area contributed by atoms with Crippen molar-refractivity contribution >= 4 is 27.6 Å². The average Bonchev–Trinajstić information content (AvgIpc) is 2.82. The standard InChI is InChI=1S/C11H11ClFNO4S/c12-8-6-7(3-4-9(8)13)19(17,18)14-5-1-2-10(14)11(15)16/h3-4,6,10H,1-2,5H2,(H,15,16)/p-1. The third kappa shape index (κ3) is 2.58. The summed E-state index contributed by atoms with van der Waals surface area (Å²) >= 11 is 5.54. The highest BCUT2D eigenvalue weighted by Gasteiger charge is 2.36. The van der Waals surface area contributed by atoms with E-state index in [4.69, 9.17) is 11.6 Å². The maximum absolute atomic E-state index is 13.0. The Hall–Kier alpha value is -1.18. The van der Waals surface area contributed by atoms with Gasteiger partial charge in [0.05, 0.1) is 21.9 Å². The number of nitrogens with zero attached hydrogens (tertiary/aromatic N) is 1. The predicted molar refractivity (Wildman–Crippen MR) is 63.3 cm³/mol. The number of halogens is 2. The van der Waals surface area contributed by atoms with Gasteiger partial charge in [-0.05, 0) is 31.0 Å². The third-order valence-corrected chi connectivity index (χ3v) is 5.17. The van der Waals surface area contributed by atoms with Crippen molar-refractivity contribution in [3.05, 3.63) is 29.0 Å². The van der Waals surface area contributed by atoms with E-state index in [9.17, 15) is 22.7 Å². The Kier molecular flexibility index (Phi) is 3.80. The SMILES string of the molecule is O=C([O-])C1CCCN1S(=O)(=O)c1ccc(F)c(Cl)c1. The molecular weight excluding hydrogens is 297 g/mol. The molecule has 0 amide bonds. The van der Waals surface area contributed by atoms with E-state index in [0.29, 0.717) is 6.42 Å². The van der Waals surface area contributed by atoms with Gasteiger partial charge in [0.2, 0.25) is 10.0 Å². The number of hydrogen-bond acceptors (Lipinski definition) is 4. The number of sulfonamides is 1. The van der Waals surface area contributed by atoms with Gasteiger partial charge in [0.25, 0.3) is 0 Å². The first kappa shape index (κ1) is 14.2. The van der Waals surface area contributed by atoms with Crippen molar-refractivity contribution in [2.24, 2.45) is 0 Å². The molecule has 0 saturated carbocycles. The van der Waals surface area contributed by atoms with Crippen molar-refractivity contribution in [3.8, 4) is 0 Å². The Morgan fingerprint density at radius 2 is 2.16 bits per heavy atom. The van der Waals surface area contributed by atoms with Crippen LogP contribution in [0.25, 0.3) is 0 Å². The Labute approximate surface area is 114 Å². The Balaban J connectivity index is 2.42. The largest absolute Gasteiger partial charge is 0.548 e. The van der Waals surface area contributed by atoms with Crippen LogP contribution in [0.5, 0.6) is 0 Å². The zero-order chi connectivity index (χ0) is 14.2. The van der Waals surface area contributed by atoms with Gasteiger partial charge in [0, 0.05) is 6.54 Å². The lowest BCUT2D eigenvalue weighted by atomic mass is 10.2. The molecule has 0 N–H and O–H groups in total. The highest BCUT2D eigenvalue weighted by atomic mass is 35.5. The van der Waals surface area contributed by atoms with Crippen LogP contribution in [-0.2, 0) is 14.8 Å². The minimum atomic E-state index is -4.01. The van der Waals surface area contributed by atoms with Crippen LogP contribution in [0.2, 0.25) is 5.02 Å². The normalized spacial score (nSPS) is 20.6. The number of carboxylic acid groups (broad SMARTS) is 1. The van der Waals surface area contributed by atoms with Gasteiger partial charge in [0.15, 0.2) is 0 Å². The van der Waals surface area contributed by atoms with Crippen LogP contribution < -0.4 is 5.11 Å². The number of hydrogen-bond donors (Lipinski definition) is 0. The first-order valence-corrected chi connectivity index (χ1v) is 7.33. The van der Waals surface area contributed by atoms with Crippen LogP contribution in [0.3, 0.4) is 0 Å². The van der Waals surface area contributed by atoms with Crippen molar-refractivity contribution < 1.29 is 22.7 Å². The maximum Gasteiger partial charge on any atom is 0.243 e. The molecule has 104 valence electrons. The second kappa shape index (κ2) is 5.07. The van der Waals surface area contributed by atoms with Crippen LogP contribution in [0.1, 0.15) is 12.8 Å². The molecule has 0 spiro atoms. The summed E-state index contributed by atoms with van der Waals surface area (Å²) in [5, 5.41) is 10.6. The first-order chi connectivity index (χ1) is 8.84. The van der Waals surface area contributed by atoms with E-state index in [1.54, 1.807) is 0 Å². The molecule has 1 aromatic rings. The van der Waals surface area contributed by atoms with Gasteiger partial charge < -0.3 is 9.90 Å². The lowest BCUT2D eigenvalue weighted by molar-refractivity contribution is -0.309. The lowest BCUT2D eigenvalue weighted by Crippen LogP contribution is -2.46. The molecule has 2 rings (SSSR count). The molecule has 1 saturated heterocycles. The van der Waals surface area contributed by atoms with Gasteiger partial charge in [0.1, 0.15) is 5.82 Å². The van der Waals surface area contributed by atoms with Crippen molar-refractivity contribution in [2.75, 3.05) is 6.54 Å². The fourth-order valence-electron chi connectivity index (χ4n) is 2.04. The fourth-order valence-corrected chi connectivity index (χ4v) is 3.95. The van der Waals surface area contributed by atoms with Gasteiger partial charge >= 0.3 is 0 Å². The Morgan fingerprint density at radius 3 is 2.74 bits per heavy atom. The Morgan fingerprint density at radius 1 is 1.47 bits per heavy atom. The molecule has 0 radical (unpaired) electrons. The van der Waals surface area contributed by atoms with Crippen LogP contribution in [-0.4, -0.2) is 31.3 Å². The molecule has 1 atom stereocenters. The van der Waals surface area contributed by atoms with Gasteiger partial charge in [-0.2, -0.15) is 4.31 Å².